The van der Waals surface area contributed by atoms with Crippen LogP contribution in [0.5, 0.6) is 0 Å². The zero-order valence-electron chi connectivity index (χ0n) is 12.3. The van der Waals surface area contributed by atoms with Crippen molar-refractivity contribution in [2.24, 2.45) is 0 Å². The second-order valence-corrected chi connectivity index (χ2v) is 4.81. The molecule has 0 aliphatic heterocycles. The van der Waals surface area contributed by atoms with Crippen LogP contribution in [0.2, 0.25) is 0 Å². The Morgan fingerprint density at radius 3 is 1.76 bits per heavy atom. The standard InChI is InChI=1S/C14H32N2O/c1-5-15(6-2)12-9-13-16(7-3)11-8-10-14(4)17/h14,17H,5-13H2,1-4H3. The van der Waals surface area contributed by atoms with Crippen molar-refractivity contribution in [3.05, 3.63) is 0 Å². The molecule has 0 saturated carbocycles. The van der Waals surface area contributed by atoms with Gasteiger partial charge in [0.05, 0.1) is 6.10 Å². The summed E-state index contributed by atoms with van der Waals surface area (Å²) in [5, 5.41) is 9.23. The molecule has 0 aliphatic carbocycles. The predicted molar refractivity (Wildman–Crippen MR) is 75.4 cm³/mol. The number of aliphatic hydroxyl groups excluding tert-OH is 1. The molecule has 0 bridgehead atoms. The van der Waals surface area contributed by atoms with Gasteiger partial charge in [0, 0.05) is 0 Å². The van der Waals surface area contributed by atoms with Gasteiger partial charge in [-0.2, -0.15) is 0 Å². The molecule has 0 radical (unpaired) electrons. The lowest BCUT2D eigenvalue weighted by atomic mass is 10.2. The van der Waals surface area contributed by atoms with Crippen molar-refractivity contribution in [2.75, 3.05) is 39.3 Å². The minimum absolute atomic E-state index is 0.149. The van der Waals surface area contributed by atoms with Crippen LogP contribution in [0.15, 0.2) is 0 Å². The molecule has 0 aliphatic rings. The van der Waals surface area contributed by atoms with E-state index in [4.69, 9.17) is 0 Å². The fourth-order valence-electron chi connectivity index (χ4n) is 2.10. The maximum absolute atomic E-state index is 9.23. The number of hydrogen-bond donors (Lipinski definition) is 1. The lowest BCUT2D eigenvalue weighted by Crippen LogP contribution is -2.30. The van der Waals surface area contributed by atoms with Crippen LogP contribution in [-0.2, 0) is 0 Å². The minimum atomic E-state index is -0.149. The van der Waals surface area contributed by atoms with E-state index in [1.165, 1.54) is 19.5 Å². The molecule has 1 atom stereocenters. The van der Waals surface area contributed by atoms with Crippen molar-refractivity contribution in [1.82, 2.24) is 9.80 Å². The topological polar surface area (TPSA) is 26.7 Å². The van der Waals surface area contributed by atoms with Crippen LogP contribution < -0.4 is 0 Å². The molecular weight excluding hydrogens is 212 g/mol. The lowest BCUT2D eigenvalue weighted by molar-refractivity contribution is 0.169. The molecule has 3 heteroatoms. The van der Waals surface area contributed by atoms with E-state index in [9.17, 15) is 5.11 Å². The van der Waals surface area contributed by atoms with Gasteiger partial charge in [0.25, 0.3) is 0 Å². The summed E-state index contributed by atoms with van der Waals surface area (Å²) < 4.78 is 0. The van der Waals surface area contributed by atoms with Gasteiger partial charge in [-0.1, -0.05) is 20.8 Å². The van der Waals surface area contributed by atoms with Crippen molar-refractivity contribution in [3.63, 3.8) is 0 Å². The predicted octanol–water partition coefficient (Wildman–Crippen LogP) is 2.20. The van der Waals surface area contributed by atoms with E-state index in [2.05, 4.69) is 30.6 Å². The van der Waals surface area contributed by atoms with Crippen molar-refractivity contribution in [2.45, 2.75) is 53.1 Å². The zero-order chi connectivity index (χ0) is 13.1. The number of nitrogens with zero attached hydrogens (tertiary/aromatic N) is 2. The van der Waals surface area contributed by atoms with Crippen molar-refractivity contribution >= 4 is 0 Å². The Morgan fingerprint density at radius 2 is 1.29 bits per heavy atom. The monoisotopic (exact) mass is 244 g/mol. The first-order valence-corrected chi connectivity index (χ1v) is 7.26. The molecule has 0 heterocycles. The molecule has 0 aromatic rings. The van der Waals surface area contributed by atoms with Crippen molar-refractivity contribution in [1.29, 1.82) is 0 Å². The van der Waals surface area contributed by atoms with Crippen LogP contribution in [0.3, 0.4) is 0 Å². The molecule has 0 spiro atoms. The largest absolute Gasteiger partial charge is 0.393 e. The van der Waals surface area contributed by atoms with E-state index in [1.807, 2.05) is 6.92 Å². The first-order valence-electron chi connectivity index (χ1n) is 7.26. The Labute approximate surface area is 108 Å². The van der Waals surface area contributed by atoms with Crippen molar-refractivity contribution in [3.8, 4) is 0 Å². The maximum Gasteiger partial charge on any atom is 0.0512 e. The highest BCUT2D eigenvalue weighted by molar-refractivity contribution is 4.60. The molecule has 17 heavy (non-hydrogen) atoms. The SMILES string of the molecule is CCN(CC)CCCN(CC)CCCC(C)O. The number of rotatable bonds is 11. The molecule has 0 rings (SSSR count). The summed E-state index contributed by atoms with van der Waals surface area (Å²) in [7, 11) is 0. The quantitative estimate of drug-likeness (QED) is 0.603. The molecule has 1 unspecified atom stereocenters. The van der Waals surface area contributed by atoms with E-state index < -0.39 is 0 Å². The Hall–Kier alpha value is -0.120. The molecular formula is C14H32N2O. The van der Waals surface area contributed by atoms with Gasteiger partial charge >= 0.3 is 0 Å². The summed E-state index contributed by atoms with van der Waals surface area (Å²) in [4.78, 5) is 4.97. The summed E-state index contributed by atoms with van der Waals surface area (Å²) in [6.45, 7) is 15.5. The second kappa shape index (κ2) is 11.0. The first kappa shape index (κ1) is 16.9. The average Bonchev–Trinajstić information content (AvgIpc) is 2.32. The summed E-state index contributed by atoms with van der Waals surface area (Å²) in [5.41, 5.74) is 0. The smallest absolute Gasteiger partial charge is 0.0512 e. The molecule has 104 valence electrons. The van der Waals surface area contributed by atoms with Gasteiger partial charge in [0.15, 0.2) is 0 Å². The average molecular weight is 244 g/mol. The van der Waals surface area contributed by atoms with E-state index in [0.29, 0.717) is 0 Å². The highest BCUT2D eigenvalue weighted by Crippen LogP contribution is 2.01. The van der Waals surface area contributed by atoms with E-state index in [1.54, 1.807) is 0 Å². The van der Waals surface area contributed by atoms with E-state index in [0.717, 1.165) is 39.0 Å². The normalized spacial score (nSPS) is 13.6. The van der Waals surface area contributed by atoms with Crippen LogP contribution in [0, 0.1) is 0 Å². The van der Waals surface area contributed by atoms with Gasteiger partial charge in [0.2, 0.25) is 0 Å². The Morgan fingerprint density at radius 1 is 0.824 bits per heavy atom. The number of hydrogen-bond acceptors (Lipinski definition) is 3. The maximum atomic E-state index is 9.23. The van der Waals surface area contributed by atoms with E-state index >= 15 is 0 Å². The third-order valence-corrected chi connectivity index (χ3v) is 3.39. The Kier molecular flexibility index (Phi) is 10.9. The molecule has 0 aromatic carbocycles. The first-order chi connectivity index (χ1) is 8.13. The van der Waals surface area contributed by atoms with Gasteiger partial charge < -0.3 is 14.9 Å². The number of aliphatic hydroxyl groups is 1. The molecule has 0 amide bonds. The molecule has 0 fully saturated rings. The van der Waals surface area contributed by atoms with Crippen LogP contribution in [0.1, 0.15) is 47.0 Å². The molecule has 0 aromatic heterocycles. The van der Waals surface area contributed by atoms with Crippen LogP contribution in [0.25, 0.3) is 0 Å². The summed E-state index contributed by atoms with van der Waals surface area (Å²) in [6, 6.07) is 0. The zero-order valence-corrected chi connectivity index (χ0v) is 12.3. The third kappa shape index (κ3) is 9.57. The molecule has 1 N–H and O–H groups in total. The Balaban J connectivity index is 3.60. The van der Waals surface area contributed by atoms with Gasteiger partial charge in [-0.05, 0) is 65.5 Å². The minimum Gasteiger partial charge on any atom is -0.393 e. The van der Waals surface area contributed by atoms with Crippen LogP contribution in [0.4, 0.5) is 0 Å². The summed E-state index contributed by atoms with van der Waals surface area (Å²) >= 11 is 0. The lowest BCUT2D eigenvalue weighted by Gasteiger charge is -2.23. The highest BCUT2D eigenvalue weighted by atomic mass is 16.3. The van der Waals surface area contributed by atoms with Crippen LogP contribution >= 0.6 is 0 Å². The van der Waals surface area contributed by atoms with Gasteiger partial charge in [-0.3, -0.25) is 0 Å². The molecule has 0 saturated heterocycles. The van der Waals surface area contributed by atoms with E-state index in [-0.39, 0.29) is 6.10 Å². The fourth-order valence-corrected chi connectivity index (χ4v) is 2.10. The second-order valence-electron chi connectivity index (χ2n) is 4.81. The van der Waals surface area contributed by atoms with Gasteiger partial charge in [-0.15, -0.1) is 0 Å². The third-order valence-electron chi connectivity index (χ3n) is 3.39. The van der Waals surface area contributed by atoms with Crippen molar-refractivity contribution < 1.29 is 5.11 Å². The fraction of sp³-hybridized carbons (Fsp3) is 1.00. The van der Waals surface area contributed by atoms with Gasteiger partial charge in [0.1, 0.15) is 0 Å². The summed E-state index contributed by atoms with van der Waals surface area (Å²) in [6.07, 6.45) is 3.14. The Bertz CT molecular complexity index is 158. The highest BCUT2D eigenvalue weighted by Gasteiger charge is 2.05. The van der Waals surface area contributed by atoms with Crippen LogP contribution in [-0.4, -0.2) is 60.3 Å². The van der Waals surface area contributed by atoms with Gasteiger partial charge in [-0.25, -0.2) is 0 Å². The molecule has 3 nitrogen and oxygen atoms in total. The summed E-state index contributed by atoms with van der Waals surface area (Å²) in [5.74, 6) is 0.